The SMILES string of the molecule is C=CCS(=O)(=O)CC(=O)Nc1cc([N+](=O)[O-])ccc1O. The van der Waals surface area contributed by atoms with Crippen LogP contribution in [-0.4, -0.2) is 35.9 Å². The summed E-state index contributed by atoms with van der Waals surface area (Å²) in [7, 11) is -3.64. The molecule has 0 saturated carbocycles. The molecule has 0 atom stereocenters. The highest BCUT2D eigenvalue weighted by Crippen LogP contribution is 2.27. The number of phenols is 1. The summed E-state index contributed by atoms with van der Waals surface area (Å²) in [5, 5.41) is 22.1. The van der Waals surface area contributed by atoms with Gasteiger partial charge in [0.1, 0.15) is 11.5 Å². The number of hydrogen-bond donors (Lipinski definition) is 2. The Kier molecular flexibility index (Phi) is 4.81. The average Bonchev–Trinajstić information content (AvgIpc) is 2.30. The van der Waals surface area contributed by atoms with Crippen LogP contribution in [0.3, 0.4) is 0 Å². The van der Waals surface area contributed by atoms with Gasteiger partial charge in [-0.1, -0.05) is 6.08 Å². The molecule has 8 nitrogen and oxygen atoms in total. The minimum Gasteiger partial charge on any atom is -0.506 e. The van der Waals surface area contributed by atoms with Crippen LogP contribution in [0, 0.1) is 10.1 Å². The molecule has 0 saturated heterocycles. The van der Waals surface area contributed by atoms with Crippen molar-refractivity contribution in [2.24, 2.45) is 0 Å². The third-order valence-corrected chi connectivity index (χ3v) is 3.63. The van der Waals surface area contributed by atoms with Gasteiger partial charge in [-0.05, 0) is 6.07 Å². The number of nitrogens with zero attached hydrogens (tertiary/aromatic N) is 1. The molecule has 1 aromatic carbocycles. The lowest BCUT2D eigenvalue weighted by atomic mass is 10.2. The van der Waals surface area contributed by atoms with Crippen molar-refractivity contribution >= 4 is 27.1 Å². The number of non-ortho nitro benzene ring substituents is 1. The molecular weight excluding hydrogens is 288 g/mol. The second-order valence-corrected chi connectivity index (χ2v) is 5.96. The zero-order valence-electron chi connectivity index (χ0n) is 10.3. The van der Waals surface area contributed by atoms with E-state index in [1.165, 1.54) is 0 Å². The lowest BCUT2D eigenvalue weighted by Crippen LogP contribution is -2.24. The van der Waals surface area contributed by atoms with Gasteiger partial charge < -0.3 is 10.4 Å². The molecule has 0 heterocycles. The molecule has 0 radical (unpaired) electrons. The van der Waals surface area contributed by atoms with Crippen molar-refractivity contribution < 1.29 is 23.2 Å². The molecule has 0 aliphatic heterocycles. The van der Waals surface area contributed by atoms with Crippen molar-refractivity contribution in [2.45, 2.75) is 0 Å². The minimum atomic E-state index is -3.64. The first-order valence-corrected chi connectivity index (χ1v) is 7.16. The van der Waals surface area contributed by atoms with Crippen LogP contribution in [0.1, 0.15) is 0 Å². The maximum Gasteiger partial charge on any atom is 0.271 e. The van der Waals surface area contributed by atoms with Gasteiger partial charge in [-0.25, -0.2) is 8.42 Å². The van der Waals surface area contributed by atoms with E-state index < -0.39 is 32.2 Å². The number of carbonyl (C=O) groups excluding carboxylic acids is 1. The van der Waals surface area contributed by atoms with E-state index in [9.17, 15) is 28.4 Å². The Bertz CT molecular complexity index is 653. The number of nitro groups is 1. The first-order valence-electron chi connectivity index (χ1n) is 5.34. The van der Waals surface area contributed by atoms with Gasteiger partial charge in [0.2, 0.25) is 5.91 Å². The smallest absolute Gasteiger partial charge is 0.271 e. The van der Waals surface area contributed by atoms with Gasteiger partial charge in [-0.15, -0.1) is 6.58 Å². The second kappa shape index (κ2) is 6.15. The normalized spacial score (nSPS) is 10.8. The Balaban J connectivity index is 2.88. The molecule has 0 unspecified atom stereocenters. The summed E-state index contributed by atoms with van der Waals surface area (Å²) in [6.07, 6.45) is 1.15. The summed E-state index contributed by atoms with van der Waals surface area (Å²) in [5.74, 6) is -2.46. The molecule has 0 fully saturated rings. The van der Waals surface area contributed by atoms with E-state index in [1.807, 2.05) is 0 Å². The summed E-state index contributed by atoms with van der Waals surface area (Å²) >= 11 is 0. The van der Waals surface area contributed by atoms with Gasteiger partial charge in [-0.3, -0.25) is 14.9 Å². The maximum atomic E-state index is 11.5. The van der Waals surface area contributed by atoms with E-state index in [1.54, 1.807) is 0 Å². The lowest BCUT2D eigenvalue weighted by molar-refractivity contribution is -0.384. The van der Waals surface area contributed by atoms with Gasteiger partial charge >= 0.3 is 0 Å². The number of amides is 1. The molecule has 9 heteroatoms. The number of carbonyl (C=O) groups is 1. The highest BCUT2D eigenvalue weighted by atomic mass is 32.2. The first kappa shape index (κ1) is 15.6. The van der Waals surface area contributed by atoms with Gasteiger partial charge in [0.25, 0.3) is 5.69 Å². The Morgan fingerprint density at radius 3 is 2.70 bits per heavy atom. The zero-order chi connectivity index (χ0) is 15.3. The standard InChI is InChI=1S/C11H12N2O6S/c1-2-5-20(18,19)7-11(15)12-9-6-8(13(16)17)3-4-10(9)14/h2-4,6,14H,1,5,7H2,(H,12,15). The Labute approximate surface area is 114 Å². The number of nitrogens with one attached hydrogen (secondary N) is 1. The number of aromatic hydroxyl groups is 1. The van der Waals surface area contributed by atoms with E-state index >= 15 is 0 Å². The summed E-state index contributed by atoms with van der Waals surface area (Å²) < 4.78 is 22.8. The third-order valence-electron chi connectivity index (χ3n) is 2.19. The highest BCUT2D eigenvalue weighted by molar-refractivity contribution is 7.92. The van der Waals surface area contributed by atoms with Crippen LogP contribution in [-0.2, 0) is 14.6 Å². The predicted octanol–water partition coefficient (Wildman–Crippen LogP) is 0.840. The van der Waals surface area contributed by atoms with Crippen molar-refractivity contribution in [2.75, 3.05) is 16.8 Å². The number of hydrogen-bond acceptors (Lipinski definition) is 6. The first-order chi connectivity index (χ1) is 9.25. The van der Waals surface area contributed by atoms with E-state index in [4.69, 9.17) is 0 Å². The van der Waals surface area contributed by atoms with Crippen molar-refractivity contribution in [3.05, 3.63) is 41.0 Å². The van der Waals surface area contributed by atoms with Crippen LogP contribution >= 0.6 is 0 Å². The molecule has 0 aliphatic carbocycles. The quantitative estimate of drug-likeness (QED) is 0.347. The molecule has 0 spiro atoms. The largest absolute Gasteiger partial charge is 0.506 e. The molecule has 0 aliphatic rings. The van der Waals surface area contributed by atoms with E-state index in [0.717, 1.165) is 24.3 Å². The molecule has 1 rings (SSSR count). The van der Waals surface area contributed by atoms with Gasteiger partial charge in [0.15, 0.2) is 9.84 Å². The molecule has 1 amide bonds. The molecule has 20 heavy (non-hydrogen) atoms. The van der Waals surface area contributed by atoms with Gasteiger partial charge in [0.05, 0.1) is 16.4 Å². The van der Waals surface area contributed by atoms with Crippen LogP contribution in [0.4, 0.5) is 11.4 Å². The second-order valence-electron chi connectivity index (χ2n) is 3.85. The molecular formula is C11H12N2O6S. The predicted molar refractivity (Wildman–Crippen MR) is 72.2 cm³/mol. The van der Waals surface area contributed by atoms with Crippen LogP contribution in [0.2, 0.25) is 0 Å². The van der Waals surface area contributed by atoms with Crippen LogP contribution in [0.25, 0.3) is 0 Å². The lowest BCUT2D eigenvalue weighted by Gasteiger charge is -2.07. The van der Waals surface area contributed by atoms with Crippen molar-refractivity contribution in [3.63, 3.8) is 0 Å². The fourth-order valence-electron chi connectivity index (χ4n) is 1.36. The number of anilines is 1. The van der Waals surface area contributed by atoms with E-state index in [0.29, 0.717) is 0 Å². The topological polar surface area (TPSA) is 127 Å². The minimum absolute atomic E-state index is 0.224. The molecule has 1 aromatic rings. The van der Waals surface area contributed by atoms with Crippen molar-refractivity contribution in [1.29, 1.82) is 0 Å². The average molecular weight is 300 g/mol. The number of rotatable bonds is 6. The summed E-state index contributed by atoms with van der Waals surface area (Å²) in [6.45, 7) is 3.26. The van der Waals surface area contributed by atoms with Crippen molar-refractivity contribution in [3.8, 4) is 5.75 Å². The Morgan fingerprint density at radius 1 is 1.50 bits per heavy atom. The molecule has 108 valence electrons. The Hall–Kier alpha value is -2.42. The zero-order valence-corrected chi connectivity index (χ0v) is 11.1. The fourth-order valence-corrected chi connectivity index (χ4v) is 2.31. The van der Waals surface area contributed by atoms with Crippen molar-refractivity contribution in [1.82, 2.24) is 0 Å². The van der Waals surface area contributed by atoms with Gasteiger partial charge in [-0.2, -0.15) is 0 Å². The third kappa shape index (κ3) is 4.35. The van der Waals surface area contributed by atoms with E-state index in [2.05, 4.69) is 11.9 Å². The number of phenolic OH excluding ortho intramolecular Hbond substituents is 1. The summed E-state index contributed by atoms with van der Waals surface area (Å²) in [4.78, 5) is 21.4. The molecule has 0 bridgehead atoms. The number of nitro benzene ring substituents is 1. The summed E-state index contributed by atoms with van der Waals surface area (Å²) in [5.41, 5.74) is -0.565. The number of sulfone groups is 1. The van der Waals surface area contributed by atoms with Gasteiger partial charge in [0, 0.05) is 12.1 Å². The van der Waals surface area contributed by atoms with Crippen LogP contribution in [0.5, 0.6) is 5.75 Å². The summed E-state index contributed by atoms with van der Waals surface area (Å²) in [6, 6.07) is 3.03. The molecule has 0 aromatic heterocycles. The monoisotopic (exact) mass is 300 g/mol. The Morgan fingerprint density at radius 2 is 2.15 bits per heavy atom. The van der Waals surface area contributed by atoms with Crippen LogP contribution in [0.15, 0.2) is 30.9 Å². The number of benzene rings is 1. The van der Waals surface area contributed by atoms with E-state index in [-0.39, 0.29) is 17.1 Å². The molecule has 2 N–H and O–H groups in total. The highest BCUT2D eigenvalue weighted by Gasteiger charge is 2.17. The van der Waals surface area contributed by atoms with Crippen LogP contribution < -0.4 is 5.32 Å². The fraction of sp³-hybridized carbons (Fsp3) is 0.182. The maximum absolute atomic E-state index is 11.5.